The lowest BCUT2D eigenvalue weighted by Crippen LogP contribution is -2.61. The van der Waals surface area contributed by atoms with Crippen LogP contribution in [0.25, 0.3) is 0 Å². The van der Waals surface area contributed by atoms with Crippen LogP contribution in [0.15, 0.2) is 36.5 Å². The Labute approximate surface area is 408 Å². The lowest BCUT2D eigenvalue weighted by atomic mass is 9.98. The quantitative estimate of drug-likeness (QED) is 0.0177. The lowest BCUT2D eigenvalue weighted by molar-refractivity contribution is -0.332. The van der Waals surface area contributed by atoms with Crippen LogP contribution in [0.1, 0.15) is 194 Å². The zero-order valence-corrected chi connectivity index (χ0v) is 41.8. The Balaban J connectivity index is 1.81. The molecule has 2 aliphatic heterocycles. The summed E-state index contributed by atoms with van der Waals surface area (Å²) in [5.74, 6) is -0.957. The van der Waals surface area contributed by atoms with Crippen LogP contribution in [-0.2, 0) is 38.0 Å². The maximum absolute atomic E-state index is 13.0. The smallest absolute Gasteiger partial charge is 0.306 e. The zero-order chi connectivity index (χ0) is 49.6. The predicted molar refractivity (Wildman–Crippen MR) is 261 cm³/mol. The highest BCUT2D eigenvalue weighted by Crippen LogP contribution is 2.26. The molecule has 0 aliphatic carbocycles. The van der Waals surface area contributed by atoms with E-state index in [-0.39, 0.29) is 19.4 Å². The second-order valence-corrected chi connectivity index (χ2v) is 18.7. The number of esters is 2. The molecule has 2 fully saturated rings. The van der Waals surface area contributed by atoms with Gasteiger partial charge in [0.1, 0.15) is 55.4 Å². The Hall–Kier alpha value is -2.28. The van der Waals surface area contributed by atoms with Crippen molar-refractivity contribution < 1.29 is 73.8 Å². The molecule has 0 amide bonds. The van der Waals surface area contributed by atoms with Crippen LogP contribution in [0.5, 0.6) is 0 Å². The number of allylic oxidation sites excluding steroid dienone is 6. The number of carbonyl (C=O) groups is 2. The van der Waals surface area contributed by atoms with Crippen molar-refractivity contribution in [2.45, 2.75) is 261 Å². The molecule has 68 heavy (non-hydrogen) atoms. The topological polar surface area (TPSA) is 231 Å². The van der Waals surface area contributed by atoms with Crippen LogP contribution in [-0.4, -0.2) is 142 Å². The van der Waals surface area contributed by atoms with Crippen LogP contribution in [0.4, 0.5) is 0 Å². The van der Waals surface area contributed by atoms with E-state index in [0.29, 0.717) is 12.8 Å². The normalized spacial score (nSPS) is 26.0. The van der Waals surface area contributed by atoms with E-state index in [2.05, 4.69) is 50.3 Å². The summed E-state index contributed by atoms with van der Waals surface area (Å²) in [5, 5.41) is 72.1. The van der Waals surface area contributed by atoms with Gasteiger partial charge in [-0.05, 0) is 70.6 Å². The van der Waals surface area contributed by atoms with Crippen LogP contribution >= 0.6 is 0 Å². The van der Waals surface area contributed by atoms with Gasteiger partial charge in [-0.1, -0.05) is 147 Å². The number of aliphatic hydroxyl groups excluding tert-OH is 7. The minimum atomic E-state index is -1.77. The average molecular weight is 971 g/mol. The third-order valence-corrected chi connectivity index (χ3v) is 12.6. The first-order chi connectivity index (χ1) is 33.0. The molecule has 2 rings (SSSR count). The van der Waals surface area contributed by atoms with Crippen molar-refractivity contribution in [2.24, 2.45) is 0 Å². The Morgan fingerprint density at radius 2 is 0.882 bits per heavy atom. The SMILES string of the molecule is CCCCC/C=C/C/C=C/CCCCCCCCCC(=O)O[C@H](COC(=O)CCCC/C=C/CCCCCCCCCCC)CO[C@H]1O[C@@H](CO[C@H]2O[C@@H](CO)[C@@H](O)C(O)C2O)[C@@H](O)C(O)C1O. The third-order valence-electron chi connectivity index (χ3n) is 12.6. The van der Waals surface area contributed by atoms with Crippen LogP contribution in [0.3, 0.4) is 0 Å². The fourth-order valence-corrected chi connectivity index (χ4v) is 8.18. The van der Waals surface area contributed by atoms with Crippen LogP contribution in [0.2, 0.25) is 0 Å². The lowest BCUT2D eigenvalue weighted by Gasteiger charge is -2.42. The van der Waals surface area contributed by atoms with Gasteiger partial charge >= 0.3 is 11.9 Å². The Morgan fingerprint density at radius 3 is 1.44 bits per heavy atom. The summed E-state index contributed by atoms with van der Waals surface area (Å²) in [6, 6.07) is 0. The summed E-state index contributed by atoms with van der Waals surface area (Å²) >= 11 is 0. The van der Waals surface area contributed by atoms with E-state index in [1.165, 1.54) is 77.0 Å². The number of aliphatic hydroxyl groups is 7. The highest BCUT2D eigenvalue weighted by Gasteiger charge is 2.47. The first-order valence-electron chi connectivity index (χ1n) is 26.6. The Kier molecular flexibility index (Phi) is 36.7. The summed E-state index contributed by atoms with van der Waals surface area (Å²) in [6.07, 6.45) is 26.0. The first-order valence-corrected chi connectivity index (χ1v) is 26.6. The predicted octanol–water partition coefficient (Wildman–Crippen LogP) is 7.71. The molecular formula is C53H94O15. The highest BCUT2D eigenvalue weighted by molar-refractivity contribution is 5.70. The number of unbranched alkanes of at least 4 members (excludes halogenated alkanes) is 21. The van der Waals surface area contributed by atoms with Crippen LogP contribution < -0.4 is 0 Å². The fraction of sp³-hybridized carbons (Fsp3) is 0.849. The molecule has 7 N–H and O–H groups in total. The van der Waals surface area contributed by atoms with Gasteiger partial charge in [0.2, 0.25) is 0 Å². The largest absolute Gasteiger partial charge is 0.462 e. The Bertz CT molecular complexity index is 1330. The molecule has 0 radical (unpaired) electrons. The molecule has 0 spiro atoms. The fourth-order valence-electron chi connectivity index (χ4n) is 8.18. The molecule has 15 nitrogen and oxygen atoms in total. The number of rotatable bonds is 41. The van der Waals surface area contributed by atoms with E-state index in [4.69, 9.17) is 28.4 Å². The first kappa shape index (κ1) is 61.8. The molecule has 2 heterocycles. The van der Waals surface area contributed by atoms with Gasteiger partial charge < -0.3 is 64.2 Å². The van der Waals surface area contributed by atoms with Gasteiger partial charge in [-0.15, -0.1) is 0 Å². The van der Waals surface area contributed by atoms with Crippen LogP contribution in [0, 0.1) is 0 Å². The maximum atomic E-state index is 13.0. The van der Waals surface area contributed by atoms with Crippen molar-refractivity contribution in [3.63, 3.8) is 0 Å². The van der Waals surface area contributed by atoms with E-state index in [1.54, 1.807) is 0 Å². The van der Waals surface area contributed by atoms with E-state index in [9.17, 15) is 45.3 Å². The van der Waals surface area contributed by atoms with Gasteiger partial charge in [0.05, 0.1) is 19.8 Å². The molecule has 0 bridgehead atoms. The molecule has 0 saturated carbocycles. The minimum absolute atomic E-state index is 0.153. The summed E-state index contributed by atoms with van der Waals surface area (Å²) in [6.45, 7) is 2.54. The van der Waals surface area contributed by atoms with Crippen molar-refractivity contribution in [1.29, 1.82) is 0 Å². The molecule has 15 heteroatoms. The van der Waals surface area contributed by atoms with E-state index in [0.717, 1.165) is 77.0 Å². The summed E-state index contributed by atoms with van der Waals surface area (Å²) < 4.78 is 33.6. The van der Waals surface area contributed by atoms with E-state index < -0.39 is 99.3 Å². The molecule has 396 valence electrons. The standard InChI is InChI=1S/C53H94O15/c1-3-5-7-9-11-13-15-17-19-20-22-24-26-28-30-32-34-36-45(56)66-41(38-63-44(55)35-33-31-29-27-25-23-21-18-16-14-12-10-8-6-4-2)39-64-52-51(62)49(60)47(58)43(68-52)40-65-53-50(61)48(59)46(57)42(37-54)67-53/h11,13,17,19,25,27,41-43,46-54,57-62H,3-10,12,14-16,18,20-24,26,28-40H2,1-2H3/b13-11+,19-17+,27-25+/t41-,42+,43+,46-,47-,48?,49?,50?,51?,52+,53+/m1/s1. The summed E-state index contributed by atoms with van der Waals surface area (Å²) in [5.41, 5.74) is 0. The zero-order valence-electron chi connectivity index (χ0n) is 41.8. The number of ether oxygens (including phenoxy) is 6. The second kappa shape index (κ2) is 40.3. The molecule has 11 atom stereocenters. The molecule has 0 aromatic heterocycles. The summed E-state index contributed by atoms with van der Waals surface area (Å²) in [4.78, 5) is 25.8. The van der Waals surface area contributed by atoms with Crippen molar-refractivity contribution in [2.75, 3.05) is 26.4 Å². The van der Waals surface area contributed by atoms with E-state index in [1.807, 2.05) is 0 Å². The second-order valence-electron chi connectivity index (χ2n) is 18.7. The third kappa shape index (κ3) is 27.9. The number of carbonyl (C=O) groups excluding carboxylic acids is 2. The van der Waals surface area contributed by atoms with Crippen molar-refractivity contribution in [1.82, 2.24) is 0 Å². The molecular weight excluding hydrogens is 877 g/mol. The van der Waals surface area contributed by atoms with Gasteiger partial charge in [-0.25, -0.2) is 0 Å². The van der Waals surface area contributed by atoms with Gasteiger partial charge in [0.25, 0.3) is 0 Å². The van der Waals surface area contributed by atoms with Crippen molar-refractivity contribution >= 4 is 11.9 Å². The van der Waals surface area contributed by atoms with Crippen molar-refractivity contribution in [3.05, 3.63) is 36.5 Å². The highest BCUT2D eigenvalue weighted by atomic mass is 16.7. The van der Waals surface area contributed by atoms with E-state index >= 15 is 0 Å². The number of hydrogen-bond donors (Lipinski definition) is 7. The van der Waals surface area contributed by atoms with Gasteiger partial charge in [0, 0.05) is 12.8 Å². The molecule has 4 unspecified atom stereocenters. The maximum Gasteiger partial charge on any atom is 0.306 e. The minimum Gasteiger partial charge on any atom is -0.462 e. The number of hydrogen-bond acceptors (Lipinski definition) is 15. The van der Waals surface area contributed by atoms with Gasteiger partial charge in [-0.3, -0.25) is 9.59 Å². The molecule has 0 aromatic carbocycles. The summed E-state index contributed by atoms with van der Waals surface area (Å²) in [7, 11) is 0. The Morgan fingerprint density at radius 1 is 0.471 bits per heavy atom. The van der Waals surface area contributed by atoms with Gasteiger partial charge in [-0.2, -0.15) is 0 Å². The molecule has 0 aromatic rings. The van der Waals surface area contributed by atoms with Gasteiger partial charge in [0.15, 0.2) is 18.7 Å². The van der Waals surface area contributed by atoms with Crippen molar-refractivity contribution in [3.8, 4) is 0 Å². The monoisotopic (exact) mass is 971 g/mol. The molecule has 2 aliphatic rings. The average Bonchev–Trinajstić information content (AvgIpc) is 3.33. The molecule has 2 saturated heterocycles.